The van der Waals surface area contributed by atoms with E-state index in [4.69, 9.17) is 14.2 Å². The Balaban J connectivity index is 1.88. The number of esters is 1. The number of benzene rings is 1. The first kappa shape index (κ1) is 22.2. The third-order valence-electron chi connectivity index (χ3n) is 3.99. The van der Waals surface area contributed by atoms with Crippen molar-refractivity contribution in [2.24, 2.45) is 0 Å². The van der Waals surface area contributed by atoms with Gasteiger partial charge >= 0.3 is 5.97 Å². The molecule has 0 aliphatic heterocycles. The number of ether oxygens (including phenoxy) is 3. The molecule has 0 aliphatic carbocycles. The molecule has 0 aliphatic rings. The maximum Gasteiger partial charge on any atom is 0.305 e. The molecule has 0 atom stereocenters. The summed E-state index contributed by atoms with van der Waals surface area (Å²) in [5.74, 6) is 0.550. The fraction of sp³-hybridized carbons (Fsp3) is 0.619. The Morgan fingerprint density at radius 3 is 2.23 bits per heavy atom. The highest BCUT2D eigenvalue weighted by Crippen LogP contribution is 2.11. The van der Waals surface area contributed by atoms with E-state index in [1.54, 1.807) is 24.3 Å². The molecule has 0 heterocycles. The summed E-state index contributed by atoms with van der Waals surface area (Å²) in [5, 5.41) is 0. The van der Waals surface area contributed by atoms with Crippen LogP contribution < -0.4 is 4.74 Å². The molecule has 0 saturated carbocycles. The maximum atomic E-state index is 11.6. The van der Waals surface area contributed by atoms with Gasteiger partial charge in [0.2, 0.25) is 0 Å². The maximum absolute atomic E-state index is 11.6. The van der Waals surface area contributed by atoms with Crippen LogP contribution in [0.5, 0.6) is 5.75 Å². The van der Waals surface area contributed by atoms with Crippen molar-refractivity contribution in [3.63, 3.8) is 0 Å². The molecule has 0 spiro atoms. The molecule has 1 aromatic carbocycles. The SMILES string of the molecule is CCCCCCCCCC(=O)OCCOCCOc1ccc(C=O)cc1. The lowest BCUT2D eigenvalue weighted by molar-refractivity contribution is -0.145. The highest BCUT2D eigenvalue weighted by atomic mass is 16.6. The lowest BCUT2D eigenvalue weighted by Gasteiger charge is -2.08. The Kier molecular flexibility index (Phi) is 13.1. The molecule has 0 N–H and O–H groups in total. The zero-order valence-corrected chi connectivity index (χ0v) is 15.9. The van der Waals surface area contributed by atoms with Crippen LogP contribution in [0.25, 0.3) is 0 Å². The number of hydrogen-bond donors (Lipinski definition) is 0. The number of carbonyl (C=O) groups excluding carboxylic acids is 2. The van der Waals surface area contributed by atoms with Gasteiger partial charge in [-0.05, 0) is 30.7 Å². The second-order valence-corrected chi connectivity index (χ2v) is 6.24. The first-order valence-corrected chi connectivity index (χ1v) is 9.67. The third-order valence-corrected chi connectivity index (χ3v) is 3.99. The lowest BCUT2D eigenvalue weighted by atomic mass is 10.1. The summed E-state index contributed by atoms with van der Waals surface area (Å²) < 4.78 is 16.0. The van der Waals surface area contributed by atoms with Gasteiger partial charge in [0, 0.05) is 12.0 Å². The van der Waals surface area contributed by atoms with E-state index >= 15 is 0 Å². The van der Waals surface area contributed by atoms with E-state index in [0.717, 1.165) is 19.1 Å². The van der Waals surface area contributed by atoms with Crippen molar-refractivity contribution in [3.05, 3.63) is 29.8 Å². The predicted molar refractivity (Wildman–Crippen MR) is 102 cm³/mol. The van der Waals surface area contributed by atoms with Gasteiger partial charge in [0.25, 0.3) is 0 Å². The summed E-state index contributed by atoms with van der Waals surface area (Å²) in [6.07, 6.45) is 9.62. The number of aldehydes is 1. The summed E-state index contributed by atoms with van der Waals surface area (Å²) >= 11 is 0. The second kappa shape index (κ2) is 15.4. The fourth-order valence-electron chi connectivity index (χ4n) is 2.48. The summed E-state index contributed by atoms with van der Waals surface area (Å²) in [6, 6.07) is 6.90. The van der Waals surface area contributed by atoms with E-state index in [1.807, 2.05) is 0 Å². The standard InChI is InChI=1S/C21H32O5/c1-2-3-4-5-6-7-8-9-21(23)26-17-15-24-14-16-25-20-12-10-19(18-22)11-13-20/h10-13,18H,2-9,14-17H2,1H3. The molecule has 5 nitrogen and oxygen atoms in total. The molecule has 26 heavy (non-hydrogen) atoms. The van der Waals surface area contributed by atoms with Gasteiger partial charge in [-0.1, -0.05) is 45.4 Å². The minimum atomic E-state index is -0.145. The van der Waals surface area contributed by atoms with Gasteiger partial charge in [-0.25, -0.2) is 0 Å². The molecule has 0 fully saturated rings. The summed E-state index contributed by atoms with van der Waals surface area (Å²) in [6.45, 7) is 3.69. The van der Waals surface area contributed by atoms with E-state index in [1.165, 1.54) is 32.1 Å². The zero-order valence-electron chi connectivity index (χ0n) is 15.9. The van der Waals surface area contributed by atoms with E-state index in [0.29, 0.717) is 37.6 Å². The van der Waals surface area contributed by atoms with Gasteiger partial charge in [0.05, 0.1) is 13.2 Å². The Morgan fingerprint density at radius 2 is 1.54 bits per heavy atom. The number of rotatable bonds is 16. The largest absolute Gasteiger partial charge is 0.491 e. The van der Waals surface area contributed by atoms with Crippen molar-refractivity contribution in [3.8, 4) is 5.75 Å². The number of hydrogen-bond acceptors (Lipinski definition) is 5. The van der Waals surface area contributed by atoms with Crippen LogP contribution >= 0.6 is 0 Å². The van der Waals surface area contributed by atoms with Gasteiger partial charge in [0.15, 0.2) is 0 Å². The molecule has 5 heteroatoms. The van der Waals surface area contributed by atoms with Gasteiger partial charge in [-0.15, -0.1) is 0 Å². The summed E-state index contributed by atoms with van der Waals surface area (Å²) in [5.41, 5.74) is 0.618. The molecular formula is C21H32O5. The van der Waals surface area contributed by atoms with Crippen LogP contribution in [0.1, 0.15) is 68.6 Å². The van der Waals surface area contributed by atoms with Crippen molar-refractivity contribution in [1.29, 1.82) is 0 Å². The van der Waals surface area contributed by atoms with Crippen LogP contribution in [0.4, 0.5) is 0 Å². The van der Waals surface area contributed by atoms with Crippen LogP contribution in [0.2, 0.25) is 0 Å². The van der Waals surface area contributed by atoms with Crippen LogP contribution in [0, 0.1) is 0 Å². The smallest absolute Gasteiger partial charge is 0.305 e. The third kappa shape index (κ3) is 11.6. The molecule has 0 amide bonds. The minimum Gasteiger partial charge on any atom is -0.491 e. The minimum absolute atomic E-state index is 0.145. The van der Waals surface area contributed by atoms with Crippen LogP contribution in [0.3, 0.4) is 0 Å². The fourth-order valence-corrected chi connectivity index (χ4v) is 2.48. The molecule has 0 radical (unpaired) electrons. The number of unbranched alkanes of at least 4 members (excludes halogenated alkanes) is 6. The van der Waals surface area contributed by atoms with Gasteiger partial charge < -0.3 is 14.2 Å². The monoisotopic (exact) mass is 364 g/mol. The molecule has 146 valence electrons. The number of carbonyl (C=O) groups is 2. The van der Waals surface area contributed by atoms with E-state index in [-0.39, 0.29) is 12.6 Å². The van der Waals surface area contributed by atoms with Crippen LogP contribution in [0.15, 0.2) is 24.3 Å². The summed E-state index contributed by atoms with van der Waals surface area (Å²) in [4.78, 5) is 22.1. The molecule has 0 saturated heterocycles. The molecule has 0 aromatic heterocycles. The normalized spacial score (nSPS) is 10.5. The molecule has 1 aromatic rings. The summed E-state index contributed by atoms with van der Waals surface area (Å²) in [7, 11) is 0. The molecule has 0 bridgehead atoms. The van der Waals surface area contributed by atoms with Gasteiger partial charge in [-0.2, -0.15) is 0 Å². The first-order chi connectivity index (χ1) is 12.8. The lowest BCUT2D eigenvalue weighted by Crippen LogP contribution is -2.13. The van der Waals surface area contributed by atoms with Crippen molar-refractivity contribution in [2.45, 2.75) is 58.3 Å². The van der Waals surface area contributed by atoms with Gasteiger partial charge in [-0.3, -0.25) is 9.59 Å². The van der Waals surface area contributed by atoms with Crippen molar-refractivity contribution < 1.29 is 23.8 Å². The van der Waals surface area contributed by atoms with Crippen molar-refractivity contribution >= 4 is 12.3 Å². The van der Waals surface area contributed by atoms with Crippen molar-refractivity contribution in [1.82, 2.24) is 0 Å². The Labute approximate surface area is 157 Å². The van der Waals surface area contributed by atoms with Crippen LogP contribution in [-0.4, -0.2) is 38.7 Å². The predicted octanol–water partition coefficient (Wildman–Crippen LogP) is 4.58. The van der Waals surface area contributed by atoms with Crippen LogP contribution in [-0.2, 0) is 14.3 Å². The molecule has 0 unspecified atom stereocenters. The van der Waals surface area contributed by atoms with E-state index < -0.39 is 0 Å². The molecule has 1 rings (SSSR count). The quantitative estimate of drug-likeness (QED) is 0.244. The van der Waals surface area contributed by atoms with Gasteiger partial charge in [0.1, 0.15) is 25.2 Å². The average Bonchev–Trinajstić information content (AvgIpc) is 2.67. The zero-order chi connectivity index (χ0) is 18.9. The van der Waals surface area contributed by atoms with E-state index in [9.17, 15) is 9.59 Å². The molecular weight excluding hydrogens is 332 g/mol. The average molecular weight is 364 g/mol. The van der Waals surface area contributed by atoms with E-state index in [2.05, 4.69) is 6.92 Å². The Bertz CT molecular complexity index is 484. The highest BCUT2D eigenvalue weighted by Gasteiger charge is 2.02. The van der Waals surface area contributed by atoms with Crippen molar-refractivity contribution in [2.75, 3.05) is 26.4 Å². The first-order valence-electron chi connectivity index (χ1n) is 9.67. The Morgan fingerprint density at radius 1 is 0.885 bits per heavy atom. The Hall–Kier alpha value is -1.88. The topological polar surface area (TPSA) is 61.8 Å². The highest BCUT2D eigenvalue weighted by molar-refractivity contribution is 5.74. The second-order valence-electron chi connectivity index (χ2n) is 6.24.